The van der Waals surface area contributed by atoms with Crippen LogP contribution in [0.1, 0.15) is 26.2 Å². The normalized spacial score (nSPS) is 22.9. The lowest BCUT2D eigenvalue weighted by Crippen LogP contribution is -2.12. The fourth-order valence-corrected chi connectivity index (χ4v) is 1.27. The van der Waals surface area contributed by atoms with Crippen LogP contribution in [0.2, 0.25) is 0 Å². The van der Waals surface area contributed by atoms with E-state index in [1.165, 1.54) is 19.3 Å². The molecule has 0 aromatic heterocycles. The zero-order valence-electron chi connectivity index (χ0n) is 6.25. The average molecular weight is 159 g/mol. The van der Waals surface area contributed by atoms with E-state index < -0.39 is 11.0 Å². The lowest BCUT2D eigenvalue weighted by molar-refractivity contribution is 0.421. The Morgan fingerprint density at radius 3 is 2.80 bits per heavy atom. The Bertz CT molecular complexity index is 152. The van der Waals surface area contributed by atoms with Crippen molar-refractivity contribution < 1.29 is 4.21 Å². The van der Waals surface area contributed by atoms with Crippen LogP contribution in [0.25, 0.3) is 0 Å². The molecular weight excluding hydrogens is 146 g/mol. The standard InChI is InChI=1S/C7H13NOS/c1-2-10(9)8-6-7-4-3-5-7/h6-7H,2-5H2,1H3/b8-6+. The van der Waals surface area contributed by atoms with Crippen LogP contribution in [-0.2, 0) is 11.0 Å². The maximum Gasteiger partial charge on any atom is 0.138 e. The molecule has 1 atom stereocenters. The highest BCUT2D eigenvalue weighted by Crippen LogP contribution is 2.24. The summed E-state index contributed by atoms with van der Waals surface area (Å²) in [5, 5.41) is 0. The summed E-state index contributed by atoms with van der Waals surface area (Å²) in [5.74, 6) is 1.28. The van der Waals surface area contributed by atoms with Crippen LogP contribution in [0, 0.1) is 5.92 Å². The second kappa shape index (κ2) is 3.86. The van der Waals surface area contributed by atoms with Gasteiger partial charge in [0.15, 0.2) is 0 Å². The van der Waals surface area contributed by atoms with Crippen molar-refractivity contribution in [3.05, 3.63) is 0 Å². The Labute approximate surface area is 64.3 Å². The molecule has 0 N–H and O–H groups in total. The smallest absolute Gasteiger partial charge is 0.138 e. The summed E-state index contributed by atoms with van der Waals surface area (Å²) in [6, 6.07) is 0. The SMILES string of the molecule is CCS(=O)/N=C/C1CCC1. The quantitative estimate of drug-likeness (QED) is 0.574. The van der Waals surface area contributed by atoms with Crippen molar-refractivity contribution in [3.8, 4) is 0 Å². The van der Waals surface area contributed by atoms with Crippen molar-refractivity contribution in [2.75, 3.05) is 5.75 Å². The van der Waals surface area contributed by atoms with Gasteiger partial charge in [-0.1, -0.05) is 13.3 Å². The fraction of sp³-hybridized carbons (Fsp3) is 0.857. The predicted octanol–water partition coefficient (Wildman–Crippen LogP) is 1.54. The third-order valence-corrected chi connectivity index (χ3v) is 2.64. The van der Waals surface area contributed by atoms with Crippen LogP contribution in [0.15, 0.2) is 4.40 Å². The molecule has 1 aliphatic carbocycles. The van der Waals surface area contributed by atoms with Crippen LogP contribution in [-0.4, -0.2) is 16.2 Å². The number of rotatable bonds is 3. The van der Waals surface area contributed by atoms with E-state index in [4.69, 9.17) is 0 Å². The molecule has 3 heteroatoms. The first-order chi connectivity index (χ1) is 4.83. The summed E-state index contributed by atoms with van der Waals surface area (Å²) in [5.41, 5.74) is 0. The molecule has 0 saturated heterocycles. The molecule has 1 aliphatic rings. The summed E-state index contributed by atoms with van der Waals surface area (Å²) in [4.78, 5) is 0. The Hall–Kier alpha value is -0.180. The summed E-state index contributed by atoms with van der Waals surface area (Å²) in [6.07, 6.45) is 5.66. The van der Waals surface area contributed by atoms with E-state index in [9.17, 15) is 4.21 Å². The van der Waals surface area contributed by atoms with Crippen LogP contribution >= 0.6 is 0 Å². The minimum absolute atomic E-state index is 0.635. The molecule has 1 saturated carbocycles. The molecule has 0 aromatic carbocycles. The second-order valence-electron chi connectivity index (χ2n) is 2.56. The zero-order chi connectivity index (χ0) is 7.40. The van der Waals surface area contributed by atoms with E-state index >= 15 is 0 Å². The van der Waals surface area contributed by atoms with E-state index in [0.717, 1.165) is 0 Å². The Morgan fingerprint density at radius 2 is 2.40 bits per heavy atom. The first kappa shape index (κ1) is 7.92. The Kier molecular flexibility index (Phi) is 3.06. The Balaban J connectivity index is 2.21. The topological polar surface area (TPSA) is 29.4 Å². The monoisotopic (exact) mass is 159 g/mol. The maximum atomic E-state index is 10.8. The Morgan fingerprint density at radius 1 is 1.70 bits per heavy atom. The fourth-order valence-electron chi connectivity index (χ4n) is 0.817. The number of nitrogens with zero attached hydrogens (tertiary/aromatic N) is 1. The first-order valence-electron chi connectivity index (χ1n) is 3.75. The molecule has 0 bridgehead atoms. The van der Waals surface area contributed by atoms with Crippen molar-refractivity contribution in [3.63, 3.8) is 0 Å². The summed E-state index contributed by atoms with van der Waals surface area (Å²) < 4.78 is 14.7. The van der Waals surface area contributed by atoms with Gasteiger partial charge in [0.2, 0.25) is 0 Å². The van der Waals surface area contributed by atoms with Gasteiger partial charge in [0.1, 0.15) is 11.0 Å². The van der Waals surface area contributed by atoms with Crippen molar-refractivity contribution in [1.82, 2.24) is 0 Å². The van der Waals surface area contributed by atoms with Gasteiger partial charge in [-0.25, -0.2) is 4.21 Å². The van der Waals surface area contributed by atoms with Crippen molar-refractivity contribution in [2.24, 2.45) is 10.3 Å². The first-order valence-corrected chi connectivity index (χ1v) is 5.03. The molecule has 1 unspecified atom stereocenters. The van der Waals surface area contributed by atoms with Gasteiger partial charge in [-0.3, -0.25) is 0 Å². The lowest BCUT2D eigenvalue weighted by atomic mass is 9.87. The molecule has 0 aromatic rings. The molecule has 0 heterocycles. The summed E-state index contributed by atoms with van der Waals surface area (Å²) in [7, 11) is -0.946. The lowest BCUT2D eigenvalue weighted by Gasteiger charge is -2.19. The van der Waals surface area contributed by atoms with Gasteiger partial charge in [-0.15, -0.1) is 0 Å². The van der Waals surface area contributed by atoms with Crippen molar-refractivity contribution in [2.45, 2.75) is 26.2 Å². The van der Waals surface area contributed by atoms with E-state index in [1.807, 2.05) is 13.1 Å². The molecule has 0 aliphatic heterocycles. The van der Waals surface area contributed by atoms with Gasteiger partial charge in [0, 0.05) is 12.0 Å². The van der Waals surface area contributed by atoms with Gasteiger partial charge < -0.3 is 0 Å². The predicted molar refractivity (Wildman–Crippen MR) is 44.5 cm³/mol. The highest BCUT2D eigenvalue weighted by Gasteiger charge is 2.14. The molecule has 2 nitrogen and oxygen atoms in total. The molecule has 0 spiro atoms. The van der Waals surface area contributed by atoms with Crippen molar-refractivity contribution >= 4 is 17.2 Å². The summed E-state index contributed by atoms with van der Waals surface area (Å²) >= 11 is 0. The average Bonchev–Trinajstić information content (AvgIpc) is 1.84. The van der Waals surface area contributed by atoms with Crippen LogP contribution in [0.4, 0.5) is 0 Å². The molecule has 0 amide bonds. The highest BCUT2D eigenvalue weighted by atomic mass is 32.2. The number of hydrogen-bond acceptors (Lipinski definition) is 1. The molecule has 58 valence electrons. The second-order valence-corrected chi connectivity index (χ2v) is 3.99. The maximum absolute atomic E-state index is 10.8. The third-order valence-electron chi connectivity index (χ3n) is 1.79. The van der Waals surface area contributed by atoms with Gasteiger partial charge in [-0.2, -0.15) is 4.40 Å². The van der Waals surface area contributed by atoms with Crippen LogP contribution < -0.4 is 0 Å². The van der Waals surface area contributed by atoms with E-state index in [1.54, 1.807) is 0 Å². The van der Waals surface area contributed by atoms with Gasteiger partial charge in [0.25, 0.3) is 0 Å². The van der Waals surface area contributed by atoms with Gasteiger partial charge in [0.05, 0.1) is 0 Å². The largest absolute Gasteiger partial charge is 0.235 e. The molecule has 1 rings (SSSR count). The van der Waals surface area contributed by atoms with E-state index in [0.29, 0.717) is 11.7 Å². The minimum atomic E-state index is -0.946. The van der Waals surface area contributed by atoms with E-state index in [2.05, 4.69) is 4.40 Å². The third kappa shape index (κ3) is 2.21. The molecule has 0 radical (unpaired) electrons. The van der Waals surface area contributed by atoms with Gasteiger partial charge in [-0.05, 0) is 18.8 Å². The zero-order valence-corrected chi connectivity index (χ0v) is 7.06. The van der Waals surface area contributed by atoms with Crippen LogP contribution in [0.3, 0.4) is 0 Å². The van der Waals surface area contributed by atoms with Gasteiger partial charge >= 0.3 is 0 Å². The van der Waals surface area contributed by atoms with Crippen LogP contribution in [0.5, 0.6) is 0 Å². The van der Waals surface area contributed by atoms with E-state index in [-0.39, 0.29) is 0 Å². The molecule has 10 heavy (non-hydrogen) atoms. The minimum Gasteiger partial charge on any atom is -0.235 e. The highest BCUT2D eigenvalue weighted by molar-refractivity contribution is 7.83. The number of hydrogen-bond donors (Lipinski definition) is 0. The summed E-state index contributed by atoms with van der Waals surface area (Å²) in [6.45, 7) is 1.88. The van der Waals surface area contributed by atoms with Crippen molar-refractivity contribution in [1.29, 1.82) is 0 Å². The molecule has 1 fully saturated rings. The molecular formula is C7H13NOS.